The lowest BCUT2D eigenvalue weighted by Gasteiger charge is -2.25. The van der Waals surface area contributed by atoms with Crippen LogP contribution in [0.4, 0.5) is 0 Å². The summed E-state index contributed by atoms with van der Waals surface area (Å²) < 4.78 is 2.29. The van der Waals surface area contributed by atoms with Crippen molar-refractivity contribution in [1.29, 1.82) is 0 Å². The number of fused-ring (bicyclic) bond motifs is 1. The van der Waals surface area contributed by atoms with Crippen molar-refractivity contribution in [3.8, 4) is 0 Å². The van der Waals surface area contributed by atoms with E-state index >= 15 is 0 Å². The first-order chi connectivity index (χ1) is 12.6. The van der Waals surface area contributed by atoms with Gasteiger partial charge in [-0.25, -0.2) is 4.98 Å². The Morgan fingerprint density at radius 1 is 1.35 bits per heavy atom. The van der Waals surface area contributed by atoms with Crippen LogP contribution in [0.1, 0.15) is 32.0 Å². The molecule has 26 heavy (non-hydrogen) atoms. The van der Waals surface area contributed by atoms with Crippen LogP contribution in [-0.2, 0) is 6.54 Å². The molecule has 1 atom stereocenters. The zero-order chi connectivity index (χ0) is 18.5. The normalized spacial score (nSPS) is 16.3. The molecule has 1 saturated carbocycles. The van der Waals surface area contributed by atoms with Gasteiger partial charge in [0.1, 0.15) is 5.82 Å². The molecule has 1 unspecified atom stereocenters. The summed E-state index contributed by atoms with van der Waals surface area (Å²) in [5, 5.41) is 6.87. The molecule has 1 aromatic heterocycles. The lowest BCUT2D eigenvalue weighted by Crippen LogP contribution is -2.45. The second-order valence-corrected chi connectivity index (χ2v) is 7.28. The Bertz CT molecular complexity index is 746. The van der Waals surface area contributed by atoms with E-state index in [1.54, 1.807) is 0 Å². The van der Waals surface area contributed by atoms with Crippen molar-refractivity contribution in [2.75, 3.05) is 27.2 Å². The third-order valence-electron chi connectivity index (χ3n) is 5.30. The van der Waals surface area contributed by atoms with Gasteiger partial charge < -0.3 is 15.2 Å². The monoisotopic (exact) mass is 356 g/mol. The highest BCUT2D eigenvalue weighted by Crippen LogP contribution is 2.26. The molecule has 1 heterocycles. The highest BCUT2D eigenvalue weighted by Gasteiger charge is 2.28. The Hall–Kier alpha value is -2.08. The minimum atomic E-state index is 0.515. The van der Waals surface area contributed by atoms with Crippen molar-refractivity contribution in [3.63, 3.8) is 0 Å². The minimum absolute atomic E-state index is 0.515. The molecule has 0 aliphatic heterocycles. The zero-order valence-electron chi connectivity index (χ0n) is 16.5. The number of guanidine groups is 1. The molecule has 6 nitrogen and oxygen atoms in total. The van der Waals surface area contributed by atoms with Gasteiger partial charge in [-0.3, -0.25) is 9.89 Å². The van der Waals surface area contributed by atoms with Gasteiger partial charge in [-0.2, -0.15) is 0 Å². The first-order valence-electron chi connectivity index (χ1n) is 9.68. The lowest BCUT2D eigenvalue weighted by molar-refractivity contribution is 0.247. The molecule has 0 bridgehead atoms. The highest BCUT2D eigenvalue weighted by atomic mass is 15.2. The van der Waals surface area contributed by atoms with Crippen molar-refractivity contribution >= 4 is 17.0 Å². The molecule has 2 N–H and O–H groups in total. The van der Waals surface area contributed by atoms with Crippen LogP contribution >= 0.6 is 0 Å². The maximum absolute atomic E-state index is 4.63. The molecule has 0 amide bonds. The Balaban J connectivity index is 1.42. The maximum atomic E-state index is 4.63. The number of aryl methyl sites for hydroxylation is 2. The van der Waals surface area contributed by atoms with E-state index < -0.39 is 0 Å². The lowest BCUT2D eigenvalue weighted by atomic mass is 10.3. The third-order valence-corrected chi connectivity index (χ3v) is 5.30. The summed E-state index contributed by atoms with van der Waals surface area (Å²) in [6.45, 7) is 7.10. The van der Waals surface area contributed by atoms with Crippen LogP contribution in [0.2, 0.25) is 0 Å². The summed E-state index contributed by atoms with van der Waals surface area (Å²) in [6.07, 6.45) is 3.71. The van der Waals surface area contributed by atoms with Crippen molar-refractivity contribution in [2.45, 2.75) is 51.7 Å². The van der Waals surface area contributed by atoms with Crippen LogP contribution in [-0.4, -0.2) is 59.7 Å². The fourth-order valence-electron chi connectivity index (χ4n) is 3.37. The molecule has 142 valence electrons. The van der Waals surface area contributed by atoms with Crippen molar-refractivity contribution in [1.82, 2.24) is 25.1 Å². The van der Waals surface area contributed by atoms with Gasteiger partial charge >= 0.3 is 0 Å². The molecule has 0 saturated heterocycles. The first-order valence-corrected chi connectivity index (χ1v) is 9.68. The van der Waals surface area contributed by atoms with E-state index in [1.165, 1.54) is 18.4 Å². The fourth-order valence-corrected chi connectivity index (χ4v) is 3.37. The third kappa shape index (κ3) is 4.55. The van der Waals surface area contributed by atoms with E-state index in [9.17, 15) is 0 Å². The number of imidazole rings is 1. The molecule has 1 aliphatic carbocycles. The predicted molar refractivity (Wildman–Crippen MR) is 109 cm³/mol. The van der Waals surface area contributed by atoms with Crippen molar-refractivity contribution in [2.24, 2.45) is 4.99 Å². The molecule has 0 radical (unpaired) electrons. The minimum Gasteiger partial charge on any atom is -0.356 e. The number of hydrogen-bond acceptors (Lipinski definition) is 3. The zero-order valence-corrected chi connectivity index (χ0v) is 16.5. The molecule has 3 rings (SSSR count). The van der Waals surface area contributed by atoms with E-state index in [2.05, 4.69) is 69.2 Å². The number of aliphatic imine (C=N–C) groups is 1. The summed E-state index contributed by atoms with van der Waals surface area (Å²) in [4.78, 5) is 11.4. The molecular weight excluding hydrogens is 324 g/mol. The summed E-state index contributed by atoms with van der Waals surface area (Å²) in [5.74, 6) is 1.96. The number of nitrogens with one attached hydrogen (secondary N) is 2. The van der Waals surface area contributed by atoms with Crippen LogP contribution in [0.3, 0.4) is 0 Å². The van der Waals surface area contributed by atoms with Crippen LogP contribution in [0, 0.1) is 6.92 Å². The van der Waals surface area contributed by atoms with E-state index in [0.717, 1.165) is 49.4 Å². The Labute approximate surface area is 156 Å². The molecule has 1 fully saturated rings. The summed E-state index contributed by atoms with van der Waals surface area (Å²) in [7, 11) is 4.05. The van der Waals surface area contributed by atoms with Crippen LogP contribution < -0.4 is 10.6 Å². The predicted octanol–water partition coefficient (Wildman–Crippen LogP) is 2.38. The van der Waals surface area contributed by atoms with E-state index in [1.807, 2.05) is 13.1 Å². The van der Waals surface area contributed by atoms with Gasteiger partial charge in [-0.05, 0) is 52.3 Å². The first kappa shape index (κ1) is 18.7. The van der Waals surface area contributed by atoms with Gasteiger partial charge in [0.15, 0.2) is 5.96 Å². The van der Waals surface area contributed by atoms with E-state index in [0.29, 0.717) is 6.04 Å². The number of para-hydroxylation sites is 2. The maximum Gasteiger partial charge on any atom is 0.191 e. The summed E-state index contributed by atoms with van der Waals surface area (Å²) in [6, 6.07) is 9.63. The van der Waals surface area contributed by atoms with Crippen molar-refractivity contribution in [3.05, 3.63) is 30.1 Å². The fraction of sp³-hybridized carbons (Fsp3) is 0.600. The quantitative estimate of drug-likeness (QED) is 0.433. The van der Waals surface area contributed by atoms with Crippen molar-refractivity contribution < 1.29 is 0 Å². The number of hydrogen-bond donors (Lipinski definition) is 2. The number of rotatable bonds is 8. The second kappa shape index (κ2) is 8.54. The topological polar surface area (TPSA) is 57.5 Å². The van der Waals surface area contributed by atoms with E-state index in [-0.39, 0.29) is 0 Å². The number of nitrogens with zero attached hydrogens (tertiary/aromatic N) is 4. The number of aromatic nitrogens is 2. The number of likely N-dealkylation sites (N-methyl/N-ethyl adjacent to an activating group) is 1. The molecular formula is C20H32N6. The standard InChI is InChI=1S/C20H32N6/c1-15(25(4)17-10-11-17)14-23-20(21-3)22-12-7-13-26-16(2)24-18-8-5-6-9-19(18)26/h5-6,8-9,15,17H,7,10-14H2,1-4H3,(H2,21,22,23). The average Bonchev–Trinajstić information content (AvgIpc) is 3.44. The second-order valence-electron chi connectivity index (χ2n) is 7.28. The van der Waals surface area contributed by atoms with Crippen LogP contribution in [0.5, 0.6) is 0 Å². The smallest absolute Gasteiger partial charge is 0.191 e. The molecule has 1 aromatic carbocycles. The van der Waals surface area contributed by atoms with Gasteiger partial charge in [-0.15, -0.1) is 0 Å². The Morgan fingerprint density at radius 2 is 2.12 bits per heavy atom. The van der Waals surface area contributed by atoms with Gasteiger partial charge in [-0.1, -0.05) is 12.1 Å². The van der Waals surface area contributed by atoms with Crippen LogP contribution in [0.15, 0.2) is 29.3 Å². The Kier molecular flexibility index (Phi) is 6.14. The van der Waals surface area contributed by atoms with Gasteiger partial charge in [0, 0.05) is 38.8 Å². The largest absolute Gasteiger partial charge is 0.356 e. The summed E-state index contributed by atoms with van der Waals surface area (Å²) in [5.41, 5.74) is 2.29. The van der Waals surface area contributed by atoms with E-state index in [4.69, 9.17) is 0 Å². The highest BCUT2D eigenvalue weighted by molar-refractivity contribution is 5.79. The van der Waals surface area contributed by atoms with Gasteiger partial charge in [0.25, 0.3) is 0 Å². The average molecular weight is 357 g/mol. The Morgan fingerprint density at radius 3 is 2.85 bits per heavy atom. The van der Waals surface area contributed by atoms with Gasteiger partial charge in [0.05, 0.1) is 11.0 Å². The van der Waals surface area contributed by atoms with Gasteiger partial charge in [0.2, 0.25) is 0 Å². The molecule has 1 aliphatic rings. The van der Waals surface area contributed by atoms with Crippen LogP contribution in [0.25, 0.3) is 11.0 Å². The molecule has 6 heteroatoms. The number of benzene rings is 1. The molecule has 2 aromatic rings. The SMILES string of the molecule is CN=C(NCCCn1c(C)nc2ccccc21)NCC(C)N(C)C1CC1. The summed E-state index contributed by atoms with van der Waals surface area (Å²) >= 11 is 0. The molecule has 0 spiro atoms.